The van der Waals surface area contributed by atoms with E-state index in [1.165, 1.54) is 16.6 Å². The van der Waals surface area contributed by atoms with Crippen LogP contribution in [-0.4, -0.2) is 64.7 Å². The van der Waals surface area contributed by atoms with Crippen LogP contribution < -0.4 is 4.72 Å². The maximum atomic E-state index is 13.2. The summed E-state index contributed by atoms with van der Waals surface area (Å²) in [6.07, 6.45) is 3.94. The predicted molar refractivity (Wildman–Crippen MR) is 107 cm³/mol. The Morgan fingerprint density at radius 1 is 1.14 bits per heavy atom. The Morgan fingerprint density at radius 3 is 2.46 bits per heavy atom. The number of benzene rings is 1. The molecule has 2 aromatic rings. The molecule has 1 aromatic carbocycles. The van der Waals surface area contributed by atoms with Crippen molar-refractivity contribution in [2.45, 2.75) is 29.7 Å². The van der Waals surface area contributed by atoms with E-state index in [4.69, 9.17) is 4.74 Å². The molecule has 0 unspecified atom stereocenters. The van der Waals surface area contributed by atoms with Crippen molar-refractivity contribution in [3.05, 3.63) is 36.5 Å². The van der Waals surface area contributed by atoms with E-state index in [1.807, 2.05) is 12.1 Å². The van der Waals surface area contributed by atoms with Crippen molar-refractivity contribution in [3.8, 4) is 0 Å². The SMILES string of the molecule is COCCC1(NS(=O)(=O)c2cccc3cccnc23)CCN(S(C)(=O)=O)CC1. The lowest BCUT2D eigenvalue weighted by Crippen LogP contribution is -2.56. The van der Waals surface area contributed by atoms with Crippen LogP contribution >= 0.6 is 0 Å². The van der Waals surface area contributed by atoms with Crippen LogP contribution in [0.15, 0.2) is 41.4 Å². The van der Waals surface area contributed by atoms with Crippen molar-refractivity contribution < 1.29 is 21.6 Å². The lowest BCUT2D eigenvalue weighted by atomic mass is 9.86. The number of pyridine rings is 1. The lowest BCUT2D eigenvalue weighted by molar-refractivity contribution is 0.132. The van der Waals surface area contributed by atoms with Crippen LogP contribution in [0.4, 0.5) is 0 Å². The van der Waals surface area contributed by atoms with Crippen LogP contribution in [-0.2, 0) is 24.8 Å². The van der Waals surface area contributed by atoms with E-state index in [0.29, 0.717) is 31.4 Å². The van der Waals surface area contributed by atoms with Gasteiger partial charge in [-0.15, -0.1) is 0 Å². The number of nitrogens with one attached hydrogen (secondary N) is 1. The minimum atomic E-state index is -3.86. The summed E-state index contributed by atoms with van der Waals surface area (Å²) in [5, 5.41) is 0.739. The highest BCUT2D eigenvalue weighted by Crippen LogP contribution is 2.30. The Balaban J connectivity index is 1.92. The van der Waals surface area contributed by atoms with Crippen LogP contribution in [0, 0.1) is 0 Å². The number of aromatic nitrogens is 1. The average Bonchev–Trinajstić information content (AvgIpc) is 2.65. The summed E-state index contributed by atoms with van der Waals surface area (Å²) in [6.45, 7) is 0.896. The molecular formula is C18H25N3O5S2. The minimum absolute atomic E-state index is 0.118. The summed E-state index contributed by atoms with van der Waals surface area (Å²) in [5.41, 5.74) is -0.361. The van der Waals surface area contributed by atoms with Gasteiger partial charge in [0.15, 0.2) is 0 Å². The molecule has 1 aromatic heterocycles. The van der Waals surface area contributed by atoms with E-state index in [1.54, 1.807) is 25.4 Å². The summed E-state index contributed by atoms with van der Waals surface area (Å²) < 4.78 is 59.5. The Kier molecular flexibility index (Phi) is 6.06. The normalized spacial score (nSPS) is 18.4. The second kappa shape index (κ2) is 8.03. The van der Waals surface area contributed by atoms with Crippen molar-refractivity contribution in [2.75, 3.05) is 33.1 Å². The first-order valence-electron chi connectivity index (χ1n) is 8.99. The maximum absolute atomic E-state index is 13.2. The molecule has 1 N–H and O–H groups in total. The fraction of sp³-hybridized carbons (Fsp3) is 0.500. The molecule has 3 rings (SSSR count). The molecule has 1 aliphatic rings. The molecule has 0 amide bonds. The highest BCUT2D eigenvalue weighted by Gasteiger charge is 2.40. The van der Waals surface area contributed by atoms with E-state index >= 15 is 0 Å². The fourth-order valence-corrected chi connectivity index (χ4v) is 6.09. The molecule has 2 heterocycles. The molecule has 0 saturated carbocycles. The quantitative estimate of drug-likeness (QED) is 0.715. The molecule has 0 aliphatic carbocycles. The van der Waals surface area contributed by atoms with Crippen molar-refractivity contribution in [1.29, 1.82) is 0 Å². The molecule has 28 heavy (non-hydrogen) atoms. The zero-order chi connectivity index (χ0) is 20.4. The highest BCUT2D eigenvalue weighted by molar-refractivity contribution is 7.89. The van der Waals surface area contributed by atoms with Gasteiger partial charge in [0.1, 0.15) is 4.90 Å². The van der Waals surface area contributed by atoms with Gasteiger partial charge in [-0.3, -0.25) is 4.98 Å². The third-order valence-electron chi connectivity index (χ3n) is 5.17. The molecule has 1 fully saturated rings. The van der Waals surface area contributed by atoms with Crippen LogP contribution in [0.2, 0.25) is 0 Å². The smallest absolute Gasteiger partial charge is 0.243 e. The van der Waals surface area contributed by atoms with Crippen LogP contribution in [0.25, 0.3) is 10.9 Å². The molecule has 0 bridgehead atoms. The highest BCUT2D eigenvalue weighted by atomic mass is 32.2. The lowest BCUT2D eigenvalue weighted by Gasteiger charge is -2.41. The van der Waals surface area contributed by atoms with Gasteiger partial charge in [-0.05, 0) is 31.4 Å². The van der Waals surface area contributed by atoms with Gasteiger partial charge < -0.3 is 4.74 Å². The van der Waals surface area contributed by atoms with Gasteiger partial charge in [0.2, 0.25) is 20.0 Å². The standard InChI is InChI=1S/C18H25N3O5S2/c1-26-14-10-18(8-12-21(13-9-18)27(2,22)23)20-28(24,25)16-7-3-5-15-6-4-11-19-17(15)16/h3-7,11,20H,8-10,12-14H2,1-2H3. The summed E-state index contributed by atoms with van der Waals surface area (Å²) in [4.78, 5) is 4.36. The van der Waals surface area contributed by atoms with Crippen LogP contribution in [0.1, 0.15) is 19.3 Å². The predicted octanol–water partition coefficient (Wildman–Crippen LogP) is 1.34. The maximum Gasteiger partial charge on any atom is 0.243 e. The largest absolute Gasteiger partial charge is 0.385 e. The van der Waals surface area contributed by atoms with Gasteiger partial charge in [0, 0.05) is 43.9 Å². The zero-order valence-corrected chi connectivity index (χ0v) is 17.6. The van der Waals surface area contributed by atoms with Crippen LogP contribution in [0.3, 0.4) is 0 Å². The molecule has 8 nitrogen and oxygen atoms in total. The topological polar surface area (TPSA) is 106 Å². The van der Waals surface area contributed by atoms with E-state index < -0.39 is 25.6 Å². The molecule has 0 atom stereocenters. The summed E-state index contributed by atoms with van der Waals surface area (Å²) >= 11 is 0. The van der Waals surface area contributed by atoms with E-state index in [-0.39, 0.29) is 18.0 Å². The number of piperidine rings is 1. The van der Waals surface area contributed by atoms with Gasteiger partial charge in [-0.2, -0.15) is 0 Å². The van der Waals surface area contributed by atoms with Gasteiger partial charge in [-0.1, -0.05) is 18.2 Å². The van der Waals surface area contributed by atoms with Gasteiger partial charge >= 0.3 is 0 Å². The monoisotopic (exact) mass is 427 g/mol. The molecule has 154 valence electrons. The Bertz CT molecular complexity index is 1040. The van der Waals surface area contributed by atoms with Crippen molar-refractivity contribution >= 4 is 30.9 Å². The van der Waals surface area contributed by atoms with E-state index in [9.17, 15) is 16.8 Å². The number of hydrogen-bond acceptors (Lipinski definition) is 6. The Morgan fingerprint density at radius 2 is 1.82 bits per heavy atom. The fourth-order valence-electron chi connectivity index (χ4n) is 3.58. The second-order valence-electron chi connectivity index (χ2n) is 7.12. The number of hydrogen-bond donors (Lipinski definition) is 1. The Labute approximate surface area is 166 Å². The third kappa shape index (κ3) is 4.52. The van der Waals surface area contributed by atoms with Crippen molar-refractivity contribution in [2.24, 2.45) is 0 Å². The van der Waals surface area contributed by atoms with Crippen molar-refractivity contribution in [1.82, 2.24) is 14.0 Å². The molecule has 1 saturated heterocycles. The summed E-state index contributed by atoms with van der Waals surface area (Å²) in [6, 6.07) is 8.60. The molecule has 1 aliphatic heterocycles. The van der Waals surface area contributed by atoms with Gasteiger partial charge in [0.05, 0.1) is 11.8 Å². The number of rotatable bonds is 7. The number of sulfonamides is 2. The first-order chi connectivity index (χ1) is 13.2. The molecule has 0 spiro atoms. The zero-order valence-electron chi connectivity index (χ0n) is 16.0. The number of ether oxygens (including phenoxy) is 1. The first kappa shape index (κ1) is 21.1. The number of nitrogens with zero attached hydrogens (tertiary/aromatic N) is 2. The summed E-state index contributed by atoms with van der Waals surface area (Å²) in [7, 11) is -5.61. The number of methoxy groups -OCH3 is 1. The van der Waals surface area contributed by atoms with Gasteiger partial charge in [0.25, 0.3) is 0 Å². The van der Waals surface area contributed by atoms with Crippen molar-refractivity contribution in [3.63, 3.8) is 0 Å². The molecule has 0 radical (unpaired) electrons. The van der Waals surface area contributed by atoms with Crippen LogP contribution in [0.5, 0.6) is 0 Å². The number of para-hydroxylation sites is 1. The third-order valence-corrected chi connectivity index (χ3v) is 8.08. The number of fused-ring (bicyclic) bond motifs is 1. The summed E-state index contributed by atoms with van der Waals surface area (Å²) in [5.74, 6) is 0. The molecular weight excluding hydrogens is 402 g/mol. The minimum Gasteiger partial charge on any atom is -0.385 e. The Hall–Kier alpha value is -1.59. The second-order valence-corrected chi connectivity index (χ2v) is 10.8. The van der Waals surface area contributed by atoms with Gasteiger partial charge in [-0.25, -0.2) is 25.9 Å². The van der Waals surface area contributed by atoms with E-state index in [0.717, 1.165) is 5.39 Å². The average molecular weight is 428 g/mol. The first-order valence-corrected chi connectivity index (χ1v) is 12.3. The molecule has 10 heteroatoms. The van der Waals surface area contributed by atoms with E-state index in [2.05, 4.69) is 9.71 Å².